The van der Waals surface area contributed by atoms with Crippen molar-refractivity contribution in [2.45, 2.75) is 52.5 Å². The average molecular weight is 212 g/mol. The zero-order chi connectivity index (χ0) is 11.5. The number of nitrogens with zero attached hydrogens (tertiary/aromatic N) is 1. The first-order valence-corrected chi connectivity index (χ1v) is 6.07. The van der Waals surface area contributed by atoms with Crippen LogP contribution in [0.2, 0.25) is 0 Å². The van der Waals surface area contributed by atoms with Gasteiger partial charge in [0.25, 0.3) is 0 Å². The maximum Gasteiger partial charge on any atom is 0.239 e. The first kappa shape index (κ1) is 12.5. The molecular weight excluding hydrogens is 188 g/mol. The molecule has 88 valence electrons. The third-order valence-corrected chi connectivity index (χ3v) is 3.89. The van der Waals surface area contributed by atoms with Crippen molar-refractivity contribution in [3.8, 4) is 0 Å². The fourth-order valence-corrected chi connectivity index (χ4v) is 2.03. The fourth-order valence-electron chi connectivity index (χ4n) is 2.03. The number of hydrogen-bond donors (Lipinski definition) is 1. The van der Waals surface area contributed by atoms with Gasteiger partial charge in [0.05, 0.1) is 6.04 Å². The van der Waals surface area contributed by atoms with Gasteiger partial charge in [-0.15, -0.1) is 0 Å². The minimum Gasteiger partial charge on any atom is -0.341 e. The molecular formula is C12H24N2O. The predicted molar refractivity (Wildman–Crippen MR) is 62.5 cm³/mol. The van der Waals surface area contributed by atoms with E-state index in [4.69, 9.17) is 5.73 Å². The molecule has 0 bridgehead atoms. The predicted octanol–water partition coefficient (Wildman–Crippen LogP) is 1.76. The summed E-state index contributed by atoms with van der Waals surface area (Å²) in [7, 11) is 0. The van der Waals surface area contributed by atoms with Crippen molar-refractivity contribution in [3.63, 3.8) is 0 Å². The second kappa shape index (κ2) is 4.97. The van der Waals surface area contributed by atoms with E-state index >= 15 is 0 Å². The van der Waals surface area contributed by atoms with E-state index in [-0.39, 0.29) is 11.9 Å². The zero-order valence-corrected chi connectivity index (χ0v) is 10.3. The molecule has 1 heterocycles. The molecule has 1 saturated heterocycles. The molecule has 1 atom stereocenters. The Labute approximate surface area is 93.0 Å². The highest BCUT2D eigenvalue weighted by molar-refractivity contribution is 5.81. The van der Waals surface area contributed by atoms with Crippen LogP contribution >= 0.6 is 0 Å². The van der Waals surface area contributed by atoms with E-state index in [0.29, 0.717) is 5.41 Å². The molecule has 0 unspecified atom stereocenters. The smallest absolute Gasteiger partial charge is 0.239 e. The normalized spacial score (nSPS) is 22.5. The van der Waals surface area contributed by atoms with Gasteiger partial charge in [0.2, 0.25) is 5.91 Å². The average Bonchev–Trinajstić information content (AvgIpc) is 2.28. The summed E-state index contributed by atoms with van der Waals surface area (Å²) in [6, 6.07) is -0.295. The monoisotopic (exact) mass is 212 g/mol. The van der Waals surface area contributed by atoms with Crippen molar-refractivity contribution < 1.29 is 4.79 Å². The minimum absolute atomic E-state index is 0.135. The molecule has 0 aliphatic carbocycles. The molecule has 1 fully saturated rings. The van der Waals surface area contributed by atoms with Crippen LogP contribution in [0.1, 0.15) is 46.5 Å². The molecule has 2 N–H and O–H groups in total. The number of amides is 1. The lowest BCUT2D eigenvalue weighted by Gasteiger charge is -2.39. The number of hydrogen-bond acceptors (Lipinski definition) is 2. The Kier molecular flexibility index (Phi) is 4.14. The van der Waals surface area contributed by atoms with Gasteiger partial charge in [0.15, 0.2) is 0 Å². The lowest BCUT2D eigenvalue weighted by atomic mass is 9.78. The van der Waals surface area contributed by atoms with E-state index in [1.807, 2.05) is 11.8 Å². The Morgan fingerprint density at radius 2 is 1.93 bits per heavy atom. The zero-order valence-electron chi connectivity index (χ0n) is 10.3. The van der Waals surface area contributed by atoms with Crippen LogP contribution < -0.4 is 5.73 Å². The Hall–Kier alpha value is -0.570. The molecule has 1 aliphatic heterocycles. The van der Waals surface area contributed by atoms with E-state index < -0.39 is 0 Å². The Morgan fingerprint density at radius 3 is 2.33 bits per heavy atom. The van der Waals surface area contributed by atoms with Gasteiger partial charge >= 0.3 is 0 Å². The van der Waals surface area contributed by atoms with E-state index in [0.717, 1.165) is 32.4 Å². The van der Waals surface area contributed by atoms with Gasteiger partial charge in [-0.2, -0.15) is 0 Å². The van der Waals surface area contributed by atoms with Gasteiger partial charge < -0.3 is 10.6 Å². The Balaban J connectivity index is 2.47. The summed E-state index contributed by atoms with van der Waals surface area (Å²) in [5.41, 5.74) is 6.19. The van der Waals surface area contributed by atoms with Gasteiger partial charge in [-0.1, -0.05) is 27.2 Å². The van der Waals surface area contributed by atoms with Gasteiger partial charge in [-0.3, -0.25) is 4.79 Å². The van der Waals surface area contributed by atoms with E-state index in [1.165, 1.54) is 6.42 Å². The van der Waals surface area contributed by atoms with Crippen LogP contribution in [-0.4, -0.2) is 29.9 Å². The summed E-state index contributed by atoms with van der Waals surface area (Å²) in [5, 5.41) is 0. The number of piperidine rings is 1. The molecule has 1 aliphatic rings. The van der Waals surface area contributed by atoms with Crippen molar-refractivity contribution in [1.29, 1.82) is 0 Å². The third kappa shape index (κ3) is 2.94. The van der Waals surface area contributed by atoms with Gasteiger partial charge in [0, 0.05) is 13.1 Å². The number of rotatable bonds is 3. The Bertz CT molecular complexity index is 220. The van der Waals surface area contributed by atoms with Crippen LogP contribution in [0.15, 0.2) is 0 Å². The molecule has 0 aromatic heterocycles. The van der Waals surface area contributed by atoms with Gasteiger partial charge in [-0.25, -0.2) is 0 Å². The number of carbonyl (C=O) groups excluding carboxylic acids is 1. The molecule has 0 aromatic rings. The summed E-state index contributed by atoms with van der Waals surface area (Å²) >= 11 is 0. The van der Waals surface area contributed by atoms with Crippen molar-refractivity contribution >= 4 is 5.91 Å². The fraction of sp³-hybridized carbons (Fsp3) is 0.917. The van der Waals surface area contributed by atoms with Crippen LogP contribution in [0, 0.1) is 5.41 Å². The van der Waals surface area contributed by atoms with Crippen molar-refractivity contribution in [1.82, 2.24) is 4.90 Å². The standard InChI is InChI=1S/C12H24N2O/c1-4-10(13)11(15)14-8-6-12(3,5-2)7-9-14/h10H,4-9,13H2,1-3H3/t10-/m0/s1. The topological polar surface area (TPSA) is 46.3 Å². The molecule has 1 amide bonds. The molecule has 15 heavy (non-hydrogen) atoms. The highest BCUT2D eigenvalue weighted by Gasteiger charge is 2.31. The number of nitrogens with two attached hydrogens (primary N) is 1. The molecule has 0 aromatic carbocycles. The van der Waals surface area contributed by atoms with E-state index in [1.54, 1.807) is 0 Å². The minimum atomic E-state index is -0.295. The Morgan fingerprint density at radius 1 is 1.40 bits per heavy atom. The van der Waals surface area contributed by atoms with Crippen molar-refractivity contribution in [2.24, 2.45) is 11.1 Å². The van der Waals surface area contributed by atoms with Crippen molar-refractivity contribution in [3.05, 3.63) is 0 Å². The van der Waals surface area contributed by atoms with Gasteiger partial charge in [0.1, 0.15) is 0 Å². The first-order chi connectivity index (χ1) is 7.02. The molecule has 0 spiro atoms. The van der Waals surface area contributed by atoms with Crippen LogP contribution in [0.4, 0.5) is 0 Å². The SMILES string of the molecule is CC[C@H](N)C(=O)N1CCC(C)(CC)CC1. The summed E-state index contributed by atoms with van der Waals surface area (Å²) in [4.78, 5) is 13.8. The van der Waals surface area contributed by atoms with Crippen LogP contribution in [-0.2, 0) is 4.79 Å². The summed E-state index contributed by atoms with van der Waals surface area (Å²) < 4.78 is 0. The second-order valence-electron chi connectivity index (χ2n) is 5.00. The van der Waals surface area contributed by atoms with Gasteiger partial charge in [-0.05, 0) is 24.7 Å². The van der Waals surface area contributed by atoms with Crippen molar-refractivity contribution in [2.75, 3.05) is 13.1 Å². The highest BCUT2D eigenvalue weighted by atomic mass is 16.2. The molecule has 0 saturated carbocycles. The molecule has 3 heteroatoms. The van der Waals surface area contributed by atoms with Crippen LogP contribution in [0.25, 0.3) is 0 Å². The summed E-state index contributed by atoms with van der Waals surface area (Å²) in [5.74, 6) is 0.135. The summed E-state index contributed by atoms with van der Waals surface area (Å²) in [6.45, 7) is 8.28. The quantitative estimate of drug-likeness (QED) is 0.775. The van der Waals surface area contributed by atoms with E-state index in [2.05, 4.69) is 13.8 Å². The molecule has 0 radical (unpaired) electrons. The van der Waals surface area contributed by atoms with Crippen LogP contribution in [0.5, 0.6) is 0 Å². The summed E-state index contributed by atoms with van der Waals surface area (Å²) in [6.07, 6.45) is 4.17. The van der Waals surface area contributed by atoms with E-state index in [9.17, 15) is 4.79 Å². The lowest BCUT2D eigenvalue weighted by Crippen LogP contribution is -2.48. The number of likely N-dealkylation sites (tertiary alicyclic amines) is 1. The maximum absolute atomic E-state index is 11.8. The third-order valence-electron chi connectivity index (χ3n) is 3.89. The lowest BCUT2D eigenvalue weighted by molar-refractivity contribution is -0.134. The molecule has 3 nitrogen and oxygen atoms in total. The highest BCUT2D eigenvalue weighted by Crippen LogP contribution is 2.33. The number of carbonyl (C=O) groups is 1. The maximum atomic E-state index is 11.8. The molecule has 1 rings (SSSR count). The largest absolute Gasteiger partial charge is 0.341 e. The van der Waals surface area contributed by atoms with Crippen LogP contribution in [0.3, 0.4) is 0 Å². The first-order valence-electron chi connectivity index (χ1n) is 6.07. The second-order valence-corrected chi connectivity index (χ2v) is 5.00.